The summed E-state index contributed by atoms with van der Waals surface area (Å²) in [4.78, 5) is 18.9. The third kappa shape index (κ3) is 2.00. The van der Waals surface area contributed by atoms with Crippen molar-refractivity contribution in [2.45, 2.75) is 6.92 Å². The first kappa shape index (κ1) is 12.0. The van der Waals surface area contributed by atoms with E-state index in [4.69, 9.17) is 5.73 Å². The number of aryl methyl sites for hydroxylation is 1. The molecule has 2 aromatic rings. The summed E-state index contributed by atoms with van der Waals surface area (Å²) < 4.78 is 12.8. The second kappa shape index (κ2) is 4.40. The van der Waals surface area contributed by atoms with Gasteiger partial charge in [0.05, 0.1) is 28.7 Å². The molecule has 6 heteroatoms. The number of halogens is 1. The molecule has 0 aromatic carbocycles. The Morgan fingerprint density at radius 2 is 2.06 bits per heavy atom. The summed E-state index contributed by atoms with van der Waals surface area (Å²) in [7, 11) is 0. The van der Waals surface area contributed by atoms with Gasteiger partial charge in [0.2, 0.25) is 0 Å². The predicted octanol–water partition coefficient (Wildman–Crippen LogP) is 1.40. The minimum absolute atomic E-state index is 0.0956. The lowest BCUT2D eigenvalue weighted by Gasteiger charge is -2.09. The summed E-state index contributed by atoms with van der Waals surface area (Å²) in [6.45, 7) is 1.64. The third-order valence-electron chi connectivity index (χ3n) is 2.49. The molecule has 2 aromatic heterocycles. The molecule has 0 aliphatic heterocycles. The molecule has 0 unspecified atom stereocenters. The number of aromatic hydroxyl groups is 1. The second-order valence-corrected chi connectivity index (χ2v) is 3.71. The average Bonchev–Trinajstić information content (AvgIpc) is 2.31. The van der Waals surface area contributed by atoms with Crippen molar-refractivity contribution in [3.8, 4) is 17.0 Å². The van der Waals surface area contributed by atoms with E-state index in [-0.39, 0.29) is 16.9 Å². The van der Waals surface area contributed by atoms with Crippen LogP contribution in [0.1, 0.15) is 16.1 Å². The zero-order valence-corrected chi connectivity index (χ0v) is 9.51. The number of aromatic nitrogens is 2. The number of nitrogens with zero attached hydrogens (tertiary/aromatic N) is 2. The lowest BCUT2D eigenvalue weighted by Crippen LogP contribution is -2.12. The van der Waals surface area contributed by atoms with Crippen LogP contribution in [0.25, 0.3) is 11.3 Å². The van der Waals surface area contributed by atoms with Crippen LogP contribution in [-0.2, 0) is 0 Å². The van der Waals surface area contributed by atoms with E-state index >= 15 is 0 Å². The van der Waals surface area contributed by atoms with Gasteiger partial charge in [-0.05, 0) is 19.1 Å². The van der Waals surface area contributed by atoms with Crippen LogP contribution in [0.2, 0.25) is 0 Å². The molecular weight excluding hydrogens is 237 g/mol. The quantitative estimate of drug-likeness (QED) is 0.839. The number of pyridine rings is 2. The summed E-state index contributed by atoms with van der Waals surface area (Å²) in [5, 5.41) is 9.99. The minimum Gasteiger partial charge on any atom is -0.506 e. The molecule has 18 heavy (non-hydrogen) atoms. The van der Waals surface area contributed by atoms with Gasteiger partial charge >= 0.3 is 0 Å². The number of carbonyl (C=O) groups is 1. The molecule has 0 saturated heterocycles. The van der Waals surface area contributed by atoms with Crippen molar-refractivity contribution < 1.29 is 14.3 Å². The van der Waals surface area contributed by atoms with Crippen LogP contribution in [0.15, 0.2) is 24.5 Å². The number of amides is 1. The topological polar surface area (TPSA) is 89.1 Å². The Kier molecular flexibility index (Phi) is 2.93. The first-order chi connectivity index (χ1) is 8.50. The molecular formula is C12H10FN3O2. The van der Waals surface area contributed by atoms with Crippen LogP contribution in [0.5, 0.6) is 5.75 Å². The zero-order valence-electron chi connectivity index (χ0n) is 9.51. The fraction of sp³-hybridized carbons (Fsp3) is 0.0833. The van der Waals surface area contributed by atoms with Crippen molar-refractivity contribution in [1.29, 1.82) is 0 Å². The smallest absolute Gasteiger partial charge is 0.254 e. The molecule has 1 amide bonds. The molecule has 0 bridgehead atoms. The Balaban J connectivity index is 2.66. The van der Waals surface area contributed by atoms with Crippen LogP contribution in [-0.4, -0.2) is 21.0 Å². The van der Waals surface area contributed by atoms with E-state index in [9.17, 15) is 14.3 Å². The summed E-state index contributed by atoms with van der Waals surface area (Å²) in [5.74, 6) is -1.58. The van der Waals surface area contributed by atoms with Crippen LogP contribution in [0, 0.1) is 12.7 Å². The van der Waals surface area contributed by atoms with Gasteiger partial charge in [-0.3, -0.25) is 14.8 Å². The van der Waals surface area contributed by atoms with Gasteiger partial charge in [0.15, 0.2) is 0 Å². The van der Waals surface area contributed by atoms with E-state index in [1.807, 2.05) is 0 Å². The molecule has 3 N–H and O–H groups in total. The molecule has 0 aliphatic carbocycles. The Morgan fingerprint density at radius 3 is 2.61 bits per heavy atom. The number of carbonyl (C=O) groups excluding carboxylic acids is 1. The number of nitrogens with two attached hydrogens (primary N) is 1. The fourth-order valence-electron chi connectivity index (χ4n) is 1.60. The van der Waals surface area contributed by atoms with E-state index in [0.29, 0.717) is 11.4 Å². The second-order valence-electron chi connectivity index (χ2n) is 3.71. The van der Waals surface area contributed by atoms with Gasteiger partial charge in [0, 0.05) is 6.20 Å². The van der Waals surface area contributed by atoms with Gasteiger partial charge in [0.1, 0.15) is 11.6 Å². The van der Waals surface area contributed by atoms with Crippen LogP contribution in [0.4, 0.5) is 4.39 Å². The molecule has 2 rings (SSSR count). The summed E-state index contributed by atoms with van der Waals surface area (Å²) in [6, 6.07) is 2.60. The maximum absolute atomic E-state index is 12.8. The van der Waals surface area contributed by atoms with Crippen molar-refractivity contribution in [2.75, 3.05) is 0 Å². The highest BCUT2D eigenvalue weighted by atomic mass is 19.1. The summed E-state index contributed by atoms with van der Waals surface area (Å²) in [5.41, 5.74) is 6.08. The first-order valence-electron chi connectivity index (χ1n) is 5.11. The van der Waals surface area contributed by atoms with Gasteiger partial charge in [-0.15, -0.1) is 0 Å². The van der Waals surface area contributed by atoms with Crippen LogP contribution >= 0.6 is 0 Å². The van der Waals surface area contributed by atoms with E-state index in [2.05, 4.69) is 9.97 Å². The Bertz CT molecular complexity index is 611. The van der Waals surface area contributed by atoms with Gasteiger partial charge in [-0.25, -0.2) is 4.39 Å². The van der Waals surface area contributed by atoms with Crippen LogP contribution in [0.3, 0.4) is 0 Å². The van der Waals surface area contributed by atoms with Crippen molar-refractivity contribution in [3.05, 3.63) is 41.6 Å². The number of hydrogen-bond donors (Lipinski definition) is 2. The largest absolute Gasteiger partial charge is 0.506 e. The van der Waals surface area contributed by atoms with Gasteiger partial charge in [-0.1, -0.05) is 0 Å². The third-order valence-corrected chi connectivity index (χ3v) is 2.49. The molecule has 0 radical (unpaired) electrons. The van der Waals surface area contributed by atoms with Crippen molar-refractivity contribution >= 4 is 5.91 Å². The highest BCUT2D eigenvalue weighted by Gasteiger charge is 2.17. The first-order valence-corrected chi connectivity index (χ1v) is 5.11. The lowest BCUT2D eigenvalue weighted by molar-refractivity contribution is 0.0997. The summed E-state index contributed by atoms with van der Waals surface area (Å²) >= 11 is 0. The monoisotopic (exact) mass is 247 g/mol. The van der Waals surface area contributed by atoms with Crippen molar-refractivity contribution in [2.24, 2.45) is 5.73 Å². The van der Waals surface area contributed by atoms with E-state index < -0.39 is 11.7 Å². The minimum atomic E-state index is -0.789. The highest BCUT2D eigenvalue weighted by molar-refractivity contribution is 5.97. The van der Waals surface area contributed by atoms with Crippen molar-refractivity contribution in [3.63, 3.8) is 0 Å². The van der Waals surface area contributed by atoms with E-state index in [1.165, 1.54) is 18.3 Å². The number of primary amides is 1. The van der Waals surface area contributed by atoms with Crippen LogP contribution < -0.4 is 5.73 Å². The SMILES string of the molecule is Cc1ncc(C(N)=O)c(O)c1-c1ccc(F)cn1. The predicted molar refractivity (Wildman–Crippen MR) is 62.3 cm³/mol. The maximum atomic E-state index is 12.8. The normalized spacial score (nSPS) is 10.3. The highest BCUT2D eigenvalue weighted by Crippen LogP contribution is 2.32. The van der Waals surface area contributed by atoms with Crippen molar-refractivity contribution in [1.82, 2.24) is 9.97 Å². The average molecular weight is 247 g/mol. The molecule has 92 valence electrons. The van der Waals surface area contributed by atoms with Gasteiger partial charge in [-0.2, -0.15) is 0 Å². The summed E-state index contributed by atoms with van der Waals surface area (Å²) in [6.07, 6.45) is 2.21. The maximum Gasteiger partial charge on any atom is 0.254 e. The zero-order chi connectivity index (χ0) is 13.3. The number of rotatable bonds is 2. The molecule has 0 atom stereocenters. The molecule has 0 saturated carbocycles. The Labute approximate surface area is 102 Å². The fourth-order valence-corrected chi connectivity index (χ4v) is 1.60. The molecule has 2 heterocycles. The molecule has 0 aliphatic rings. The van der Waals surface area contributed by atoms with Gasteiger partial charge < -0.3 is 10.8 Å². The van der Waals surface area contributed by atoms with E-state index in [1.54, 1.807) is 6.92 Å². The number of hydrogen-bond acceptors (Lipinski definition) is 4. The van der Waals surface area contributed by atoms with E-state index in [0.717, 1.165) is 6.20 Å². The Morgan fingerprint density at radius 1 is 1.33 bits per heavy atom. The molecule has 0 fully saturated rings. The lowest BCUT2D eigenvalue weighted by atomic mass is 10.1. The molecule has 0 spiro atoms. The van der Waals surface area contributed by atoms with Gasteiger partial charge in [0.25, 0.3) is 5.91 Å². The Hall–Kier alpha value is -2.50. The standard InChI is InChI=1S/C12H10FN3O2/c1-6-10(9-3-2-7(13)4-16-9)11(17)8(5-15-6)12(14)18/h2-5H,1H3,(H2,14,18)(H,15,17). The molecule has 5 nitrogen and oxygen atoms in total.